The van der Waals surface area contributed by atoms with Gasteiger partial charge in [-0.3, -0.25) is 0 Å². The Bertz CT molecular complexity index is 918. The van der Waals surface area contributed by atoms with Crippen molar-refractivity contribution in [2.24, 2.45) is 0 Å². The van der Waals surface area contributed by atoms with Crippen LogP contribution in [0.15, 0.2) is 42.5 Å². The Morgan fingerprint density at radius 2 is 1.50 bits per heavy atom. The summed E-state index contributed by atoms with van der Waals surface area (Å²) < 4.78 is 41.1. The van der Waals surface area contributed by atoms with E-state index in [1.54, 1.807) is 12.1 Å². The molecule has 1 aliphatic carbocycles. The van der Waals surface area contributed by atoms with Crippen molar-refractivity contribution in [3.63, 3.8) is 0 Å². The van der Waals surface area contributed by atoms with Gasteiger partial charge in [-0.05, 0) is 47.4 Å². The molecule has 0 bridgehead atoms. The quantitative estimate of drug-likeness (QED) is 0.472. The summed E-state index contributed by atoms with van der Waals surface area (Å²) in [4.78, 5) is 12.9. The fourth-order valence-corrected chi connectivity index (χ4v) is 4.89. The molecule has 2 amide bonds. The van der Waals surface area contributed by atoms with E-state index in [0.717, 1.165) is 35.7 Å². The molecule has 1 fully saturated rings. The first-order chi connectivity index (χ1) is 15.0. The topological polar surface area (TPSA) is 41.1 Å². The zero-order valence-electron chi connectivity index (χ0n) is 19.3. The molecule has 0 atom stereocenters. The van der Waals surface area contributed by atoms with Crippen LogP contribution in [-0.4, -0.2) is 12.6 Å². The third kappa shape index (κ3) is 5.11. The maximum Gasteiger partial charge on any atom is 0.416 e. The molecule has 0 radical (unpaired) electrons. The fraction of sp³-hybridized carbons (Fsp3) is 0.500. The third-order valence-corrected chi connectivity index (χ3v) is 6.56. The van der Waals surface area contributed by atoms with E-state index in [4.69, 9.17) is 0 Å². The maximum absolute atomic E-state index is 13.7. The fourth-order valence-electron chi connectivity index (χ4n) is 4.89. The van der Waals surface area contributed by atoms with E-state index in [-0.39, 0.29) is 30.0 Å². The van der Waals surface area contributed by atoms with Crippen LogP contribution in [-0.2, 0) is 11.6 Å². The minimum atomic E-state index is -4.42. The number of alkyl halides is 3. The van der Waals surface area contributed by atoms with Crippen molar-refractivity contribution < 1.29 is 18.0 Å². The van der Waals surface area contributed by atoms with Crippen LogP contribution >= 0.6 is 0 Å². The molecule has 0 spiro atoms. The Morgan fingerprint density at radius 1 is 0.938 bits per heavy atom. The molecule has 1 saturated carbocycles. The molecule has 32 heavy (non-hydrogen) atoms. The number of anilines is 1. The van der Waals surface area contributed by atoms with Crippen LogP contribution in [0.4, 0.5) is 23.7 Å². The molecule has 2 aromatic carbocycles. The van der Waals surface area contributed by atoms with Gasteiger partial charge in [0.15, 0.2) is 0 Å². The first-order valence-corrected chi connectivity index (χ1v) is 11.4. The number of halogens is 3. The molecule has 6 heteroatoms. The summed E-state index contributed by atoms with van der Waals surface area (Å²) >= 11 is 0. The smallest absolute Gasteiger partial charge is 0.337 e. The van der Waals surface area contributed by atoms with Gasteiger partial charge in [-0.25, -0.2) is 4.79 Å². The number of carbonyl (C=O) groups excluding carboxylic acids is 1. The maximum atomic E-state index is 13.7. The molecule has 2 N–H and O–H groups in total. The summed E-state index contributed by atoms with van der Waals surface area (Å²) in [6, 6.07) is 11.4. The lowest BCUT2D eigenvalue weighted by molar-refractivity contribution is -0.138. The highest BCUT2D eigenvalue weighted by molar-refractivity contribution is 5.91. The highest BCUT2D eigenvalue weighted by atomic mass is 19.4. The van der Waals surface area contributed by atoms with Crippen LogP contribution in [0.5, 0.6) is 0 Å². The zero-order valence-corrected chi connectivity index (χ0v) is 19.3. The van der Waals surface area contributed by atoms with Crippen molar-refractivity contribution in [2.45, 2.75) is 76.8 Å². The Labute approximate surface area is 188 Å². The van der Waals surface area contributed by atoms with Gasteiger partial charge in [0.05, 0.1) is 5.56 Å². The lowest BCUT2D eigenvalue weighted by Gasteiger charge is -2.32. The number of hydrogen-bond donors (Lipinski definition) is 2. The third-order valence-electron chi connectivity index (χ3n) is 6.56. The molecule has 0 aromatic heterocycles. The number of hydrogen-bond acceptors (Lipinski definition) is 1. The summed E-state index contributed by atoms with van der Waals surface area (Å²) in [6.45, 7) is 8.47. The van der Waals surface area contributed by atoms with Crippen LogP contribution in [0, 0.1) is 0 Å². The van der Waals surface area contributed by atoms with E-state index in [1.165, 1.54) is 6.07 Å². The van der Waals surface area contributed by atoms with Crippen LogP contribution in [0.1, 0.15) is 87.5 Å². The van der Waals surface area contributed by atoms with Crippen LogP contribution < -0.4 is 10.6 Å². The summed E-state index contributed by atoms with van der Waals surface area (Å²) in [5, 5.41) is 5.91. The predicted octanol–water partition coefficient (Wildman–Crippen LogP) is 7.59. The second-order valence-electron chi connectivity index (χ2n) is 9.46. The van der Waals surface area contributed by atoms with Gasteiger partial charge >= 0.3 is 12.2 Å². The average Bonchev–Trinajstić information content (AvgIpc) is 3.21. The molecular weight excluding hydrogens is 413 g/mol. The van der Waals surface area contributed by atoms with Gasteiger partial charge in [0, 0.05) is 17.6 Å². The Kier molecular flexibility index (Phi) is 7.21. The molecule has 0 aliphatic heterocycles. The van der Waals surface area contributed by atoms with E-state index in [0.29, 0.717) is 12.8 Å². The molecule has 3 nitrogen and oxygen atoms in total. The van der Waals surface area contributed by atoms with Gasteiger partial charge in [-0.15, -0.1) is 0 Å². The van der Waals surface area contributed by atoms with Gasteiger partial charge in [0.2, 0.25) is 0 Å². The van der Waals surface area contributed by atoms with Gasteiger partial charge in [0.25, 0.3) is 0 Å². The van der Waals surface area contributed by atoms with Gasteiger partial charge in [-0.1, -0.05) is 76.9 Å². The second-order valence-corrected chi connectivity index (χ2v) is 9.46. The van der Waals surface area contributed by atoms with Crippen molar-refractivity contribution >= 4 is 11.7 Å². The van der Waals surface area contributed by atoms with Crippen molar-refractivity contribution in [1.29, 1.82) is 0 Å². The number of rotatable bonds is 6. The standard InChI is InChI=1S/C26H33F3N2O/c1-17(2)19-10-9-11-20(18(3)4)23(19)31-24(32)30-16-25(14-7-8-15-25)21-12-5-6-13-22(21)26(27,28)29/h5-6,9-13,17-18H,7-8,14-16H2,1-4H3,(H2,30,31,32). The van der Waals surface area contributed by atoms with Crippen LogP contribution in [0.3, 0.4) is 0 Å². The lowest BCUT2D eigenvalue weighted by Crippen LogP contribution is -2.42. The van der Waals surface area contributed by atoms with Crippen molar-refractivity contribution in [3.8, 4) is 0 Å². The van der Waals surface area contributed by atoms with Crippen molar-refractivity contribution in [3.05, 3.63) is 64.7 Å². The van der Waals surface area contributed by atoms with E-state index in [1.807, 2.05) is 18.2 Å². The predicted molar refractivity (Wildman–Crippen MR) is 123 cm³/mol. The molecule has 3 rings (SSSR count). The highest BCUT2D eigenvalue weighted by Gasteiger charge is 2.43. The van der Waals surface area contributed by atoms with E-state index in [2.05, 4.69) is 38.3 Å². The highest BCUT2D eigenvalue weighted by Crippen LogP contribution is 2.45. The Morgan fingerprint density at radius 3 is 2.03 bits per heavy atom. The van der Waals surface area contributed by atoms with Gasteiger partial charge < -0.3 is 10.6 Å². The molecule has 2 aromatic rings. The minimum absolute atomic E-state index is 0.173. The number of benzene rings is 2. The number of carbonyl (C=O) groups is 1. The number of amides is 2. The lowest BCUT2D eigenvalue weighted by atomic mass is 9.76. The van der Waals surface area contributed by atoms with E-state index >= 15 is 0 Å². The van der Waals surface area contributed by atoms with Crippen LogP contribution in [0.2, 0.25) is 0 Å². The molecular formula is C26H33F3N2O. The Hall–Kier alpha value is -2.50. The number of nitrogens with one attached hydrogen (secondary N) is 2. The first kappa shape index (κ1) is 24.1. The molecule has 1 aliphatic rings. The zero-order chi connectivity index (χ0) is 23.5. The Balaban J connectivity index is 1.84. The first-order valence-electron chi connectivity index (χ1n) is 11.4. The average molecular weight is 447 g/mol. The summed E-state index contributed by atoms with van der Waals surface area (Å²) in [5.41, 5.74) is 1.87. The number of para-hydroxylation sites is 1. The molecule has 0 saturated heterocycles. The van der Waals surface area contributed by atoms with Gasteiger partial charge in [-0.2, -0.15) is 13.2 Å². The van der Waals surface area contributed by atoms with Crippen molar-refractivity contribution in [1.82, 2.24) is 5.32 Å². The summed E-state index contributed by atoms with van der Waals surface area (Å²) in [7, 11) is 0. The van der Waals surface area contributed by atoms with E-state index < -0.39 is 17.2 Å². The normalized spacial score (nSPS) is 15.9. The van der Waals surface area contributed by atoms with Crippen molar-refractivity contribution in [2.75, 3.05) is 11.9 Å². The summed E-state index contributed by atoms with van der Waals surface area (Å²) in [6.07, 6.45) is -1.47. The number of urea groups is 1. The van der Waals surface area contributed by atoms with Crippen LogP contribution in [0.25, 0.3) is 0 Å². The van der Waals surface area contributed by atoms with Gasteiger partial charge in [0.1, 0.15) is 0 Å². The molecule has 0 unspecified atom stereocenters. The second kappa shape index (κ2) is 9.55. The monoisotopic (exact) mass is 446 g/mol. The molecule has 0 heterocycles. The van der Waals surface area contributed by atoms with E-state index in [9.17, 15) is 18.0 Å². The molecule has 174 valence electrons. The SMILES string of the molecule is CC(C)c1cccc(C(C)C)c1NC(=O)NCC1(c2ccccc2C(F)(F)F)CCCC1. The summed E-state index contributed by atoms with van der Waals surface area (Å²) in [5.74, 6) is 0.452. The minimum Gasteiger partial charge on any atom is -0.337 e. The largest absolute Gasteiger partial charge is 0.416 e.